The van der Waals surface area contributed by atoms with E-state index in [9.17, 15) is 4.79 Å². The molecule has 15 heavy (non-hydrogen) atoms. The van der Waals surface area contributed by atoms with Gasteiger partial charge in [-0.25, -0.2) is 9.97 Å². The van der Waals surface area contributed by atoms with Gasteiger partial charge in [0.2, 0.25) is 0 Å². The Bertz CT molecular complexity index is 346. The normalized spacial score (nSPS) is 26.1. The van der Waals surface area contributed by atoms with Gasteiger partial charge in [-0.1, -0.05) is 0 Å². The van der Waals surface area contributed by atoms with Crippen molar-refractivity contribution in [2.75, 3.05) is 5.75 Å². The summed E-state index contributed by atoms with van der Waals surface area (Å²) >= 11 is 1.68. The van der Waals surface area contributed by atoms with E-state index in [1.807, 2.05) is 0 Å². The number of aliphatic carboxylic acids is 1. The maximum atomic E-state index is 10.8. The molecule has 0 spiro atoms. The molecular formula is C9H11N3O2S. The predicted molar refractivity (Wildman–Crippen MR) is 56.4 cm³/mol. The molecule has 2 rings (SSSR count). The van der Waals surface area contributed by atoms with Crippen molar-refractivity contribution in [3.63, 3.8) is 0 Å². The van der Waals surface area contributed by atoms with Crippen LogP contribution in [0, 0.1) is 0 Å². The number of aromatic nitrogens is 2. The molecule has 6 heteroatoms. The Hall–Kier alpha value is -1.14. The van der Waals surface area contributed by atoms with Gasteiger partial charge >= 0.3 is 5.97 Å². The summed E-state index contributed by atoms with van der Waals surface area (Å²) in [7, 11) is 0. The molecule has 0 radical (unpaired) electrons. The number of carboxylic acid groups (broad SMARTS) is 1. The van der Waals surface area contributed by atoms with Gasteiger partial charge in [-0.3, -0.25) is 10.1 Å². The molecule has 1 saturated heterocycles. The van der Waals surface area contributed by atoms with E-state index in [1.165, 1.54) is 6.33 Å². The first kappa shape index (κ1) is 10.4. The summed E-state index contributed by atoms with van der Waals surface area (Å²) in [5.74, 6) is 0.0425. The van der Waals surface area contributed by atoms with E-state index in [2.05, 4.69) is 15.3 Å². The average Bonchev–Trinajstić information content (AvgIpc) is 2.30. The Kier molecular flexibility index (Phi) is 3.17. The standard InChI is InChI=1S/C9H11N3O2S/c13-9(14)7-1-2-15-8(12-7)6-3-10-5-11-4-6/h3-5,7-8,12H,1-2H2,(H,13,14). The molecule has 1 aliphatic heterocycles. The van der Waals surface area contributed by atoms with E-state index in [0.717, 1.165) is 11.3 Å². The Balaban J connectivity index is 2.08. The Morgan fingerprint density at radius 3 is 2.93 bits per heavy atom. The molecule has 80 valence electrons. The first-order valence-electron chi connectivity index (χ1n) is 4.63. The SMILES string of the molecule is O=C(O)C1CCSC(c2cncnc2)N1. The van der Waals surface area contributed by atoms with E-state index in [-0.39, 0.29) is 5.37 Å². The molecule has 1 aliphatic rings. The van der Waals surface area contributed by atoms with Crippen molar-refractivity contribution < 1.29 is 9.90 Å². The van der Waals surface area contributed by atoms with Gasteiger partial charge in [0.1, 0.15) is 12.4 Å². The van der Waals surface area contributed by atoms with Crippen molar-refractivity contribution in [1.29, 1.82) is 0 Å². The van der Waals surface area contributed by atoms with Gasteiger partial charge in [-0.2, -0.15) is 0 Å². The van der Waals surface area contributed by atoms with Crippen LogP contribution in [-0.2, 0) is 4.79 Å². The van der Waals surface area contributed by atoms with Gasteiger partial charge in [0, 0.05) is 18.0 Å². The molecule has 0 saturated carbocycles. The molecule has 0 bridgehead atoms. The molecule has 0 aliphatic carbocycles. The highest BCUT2D eigenvalue weighted by Gasteiger charge is 2.27. The van der Waals surface area contributed by atoms with Crippen LogP contribution in [-0.4, -0.2) is 32.8 Å². The van der Waals surface area contributed by atoms with E-state index in [4.69, 9.17) is 5.11 Å². The van der Waals surface area contributed by atoms with Gasteiger partial charge in [-0.15, -0.1) is 11.8 Å². The molecule has 0 amide bonds. The van der Waals surface area contributed by atoms with Crippen LogP contribution in [0.2, 0.25) is 0 Å². The minimum Gasteiger partial charge on any atom is -0.480 e. The highest BCUT2D eigenvalue weighted by molar-refractivity contribution is 7.99. The number of hydrogen-bond acceptors (Lipinski definition) is 5. The van der Waals surface area contributed by atoms with E-state index >= 15 is 0 Å². The van der Waals surface area contributed by atoms with Gasteiger partial charge in [0.25, 0.3) is 0 Å². The zero-order valence-corrected chi connectivity index (χ0v) is 8.78. The average molecular weight is 225 g/mol. The van der Waals surface area contributed by atoms with Crippen LogP contribution in [0.4, 0.5) is 0 Å². The number of nitrogens with zero attached hydrogens (tertiary/aromatic N) is 2. The number of hydrogen-bond donors (Lipinski definition) is 2. The highest BCUT2D eigenvalue weighted by Crippen LogP contribution is 2.30. The van der Waals surface area contributed by atoms with Crippen molar-refractivity contribution in [3.05, 3.63) is 24.3 Å². The molecule has 2 N–H and O–H groups in total. The molecule has 0 aromatic carbocycles. The zero-order chi connectivity index (χ0) is 10.7. The fraction of sp³-hybridized carbons (Fsp3) is 0.444. The lowest BCUT2D eigenvalue weighted by Gasteiger charge is -2.27. The maximum absolute atomic E-state index is 10.8. The molecule has 2 atom stereocenters. The Labute approximate surface area is 91.3 Å². The van der Waals surface area contributed by atoms with Crippen molar-refractivity contribution in [3.8, 4) is 0 Å². The van der Waals surface area contributed by atoms with Crippen molar-refractivity contribution in [1.82, 2.24) is 15.3 Å². The van der Waals surface area contributed by atoms with Crippen LogP contribution in [0.15, 0.2) is 18.7 Å². The van der Waals surface area contributed by atoms with Crippen molar-refractivity contribution in [2.24, 2.45) is 0 Å². The minimum atomic E-state index is -0.794. The van der Waals surface area contributed by atoms with Crippen molar-refractivity contribution >= 4 is 17.7 Å². The molecule has 1 fully saturated rings. The molecule has 5 nitrogen and oxygen atoms in total. The monoisotopic (exact) mass is 225 g/mol. The molecular weight excluding hydrogens is 214 g/mol. The third kappa shape index (κ3) is 2.45. The number of nitrogens with one attached hydrogen (secondary N) is 1. The van der Waals surface area contributed by atoms with Crippen LogP contribution < -0.4 is 5.32 Å². The Morgan fingerprint density at radius 2 is 2.27 bits per heavy atom. The molecule has 1 aromatic rings. The second-order valence-corrected chi connectivity index (χ2v) is 4.48. The number of carbonyl (C=O) groups is 1. The van der Waals surface area contributed by atoms with Gasteiger partial charge in [0.05, 0.1) is 5.37 Å². The summed E-state index contributed by atoms with van der Waals surface area (Å²) in [6, 6.07) is -0.462. The topological polar surface area (TPSA) is 75.1 Å². The minimum absolute atomic E-state index is 0.0129. The van der Waals surface area contributed by atoms with E-state index < -0.39 is 12.0 Å². The number of thioether (sulfide) groups is 1. The molecule has 2 unspecified atom stereocenters. The second-order valence-electron chi connectivity index (χ2n) is 3.27. The van der Waals surface area contributed by atoms with Crippen LogP contribution in [0.25, 0.3) is 0 Å². The lowest BCUT2D eigenvalue weighted by molar-refractivity contribution is -0.139. The summed E-state index contributed by atoms with van der Waals surface area (Å²) in [6.45, 7) is 0. The number of carboxylic acids is 1. The van der Waals surface area contributed by atoms with Crippen LogP contribution in [0.5, 0.6) is 0 Å². The summed E-state index contributed by atoms with van der Waals surface area (Å²) in [5.41, 5.74) is 0.924. The lowest BCUT2D eigenvalue weighted by atomic mass is 10.2. The summed E-state index contributed by atoms with van der Waals surface area (Å²) < 4.78 is 0. The largest absolute Gasteiger partial charge is 0.480 e. The second kappa shape index (κ2) is 4.59. The molecule has 2 heterocycles. The van der Waals surface area contributed by atoms with E-state index in [0.29, 0.717) is 6.42 Å². The third-order valence-electron chi connectivity index (χ3n) is 2.22. The zero-order valence-electron chi connectivity index (χ0n) is 7.96. The Morgan fingerprint density at radius 1 is 1.53 bits per heavy atom. The maximum Gasteiger partial charge on any atom is 0.320 e. The van der Waals surface area contributed by atoms with Gasteiger partial charge < -0.3 is 5.11 Å². The number of rotatable bonds is 2. The van der Waals surface area contributed by atoms with E-state index in [1.54, 1.807) is 24.2 Å². The summed E-state index contributed by atoms with van der Waals surface area (Å²) in [4.78, 5) is 18.7. The lowest BCUT2D eigenvalue weighted by Crippen LogP contribution is -2.41. The third-order valence-corrected chi connectivity index (χ3v) is 3.44. The first-order valence-corrected chi connectivity index (χ1v) is 5.67. The predicted octanol–water partition coefficient (Wildman–Crippen LogP) is 0.655. The summed E-state index contributed by atoms with van der Waals surface area (Å²) in [6.07, 6.45) is 5.54. The van der Waals surface area contributed by atoms with Gasteiger partial charge in [0.15, 0.2) is 0 Å². The highest BCUT2D eigenvalue weighted by atomic mass is 32.2. The van der Waals surface area contributed by atoms with Crippen LogP contribution >= 0.6 is 11.8 Å². The fourth-order valence-electron chi connectivity index (χ4n) is 1.45. The van der Waals surface area contributed by atoms with Crippen molar-refractivity contribution in [2.45, 2.75) is 17.8 Å². The van der Waals surface area contributed by atoms with Crippen LogP contribution in [0.1, 0.15) is 17.4 Å². The van der Waals surface area contributed by atoms with Gasteiger partial charge in [-0.05, 0) is 12.2 Å². The smallest absolute Gasteiger partial charge is 0.320 e. The van der Waals surface area contributed by atoms with Crippen LogP contribution in [0.3, 0.4) is 0 Å². The quantitative estimate of drug-likeness (QED) is 0.770. The first-order chi connectivity index (χ1) is 7.27. The molecule has 1 aromatic heterocycles. The summed E-state index contributed by atoms with van der Waals surface area (Å²) in [5, 5.41) is 11.9. The fourth-order valence-corrected chi connectivity index (χ4v) is 2.63.